The van der Waals surface area contributed by atoms with Crippen LogP contribution in [0.1, 0.15) is 31.7 Å². The molecule has 0 aliphatic heterocycles. The average molecular weight is 283 g/mol. The van der Waals surface area contributed by atoms with Crippen molar-refractivity contribution in [3.05, 3.63) is 29.8 Å². The monoisotopic (exact) mass is 283 g/mol. The molecule has 0 aliphatic rings. The van der Waals surface area contributed by atoms with Crippen molar-refractivity contribution < 1.29 is 13.2 Å². The third-order valence-corrected chi connectivity index (χ3v) is 4.74. The maximum Gasteiger partial charge on any atom is 0.150 e. The highest BCUT2D eigenvalue weighted by molar-refractivity contribution is 7.91. The Balaban J connectivity index is 2.34. The molecule has 0 aromatic heterocycles. The van der Waals surface area contributed by atoms with Gasteiger partial charge in [-0.15, -0.1) is 0 Å². The lowest BCUT2D eigenvalue weighted by molar-refractivity contribution is -0.118. The summed E-state index contributed by atoms with van der Waals surface area (Å²) in [5.74, 6) is 0.135. The van der Waals surface area contributed by atoms with Gasteiger partial charge in [0.25, 0.3) is 0 Å². The lowest BCUT2D eigenvalue weighted by Crippen LogP contribution is -2.14. The van der Waals surface area contributed by atoms with Crippen LogP contribution in [0.25, 0.3) is 0 Å². The van der Waals surface area contributed by atoms with Crippen molar-refractivity contribution in [1.82, 2.24) is 0 Å². The standard InChI is InChI=1S/C14H21NO3S/c1-2-10-19(17,18)11-9-14(16)8-5-12-3-6-13(15)7-4-12/h3-4,6-7H,2,5,8-11,15H2,1H3. The zero-order valence-corrected chi connectivity index (χ0v) is 12.1. The van der Waals surface area contributed by atoms with Gasteiger partial charge in [0.1, 0.15) is 5.78 Å². The summed E-state index contributed by atoms with van der Waals surface area (Å²) in [5, 5.41) is 0. The van der Waals surface area contributed by atoms with Crippen LogP contribution in [0.5, 0.6) is 0 Å². The molecule has 1 rings (SSSR count). The highest BCUT2D eigenvalue weighted by Crippen LogP contribution is 2.09. The number of Topliss-reactive ketones (excluding diaryl/α,β-unsaturated/α-hetero) is 1. The molecule has 4 nitrogen and oxygen atoms in total. The van der Waals surface area contributed by atoms with E-state index in [9.17, 15) is 13.2 Å². The summed E-state index contributed by atoms with van der Waals surface area (Å²) in [6.07, 6.45) is 1.73. The molecule has 0 spiro atoms. The summed E-state index contributed by atoms with van der Waals surface area (Å²) in [6.45, 7) is 1.82. The lowest BCUT2D eigenvalue weighted by Gasteiger charge is -2.03. The van der Waals surface area contributed by atoms with Gasteiger partial charge >= 0.3 is 0 Å². The number of sulfone groups is 1. The molecule has 1 aromatic rings. The molecule has 0 unspecified atom stereocenters. The first-order valence-corrected chi connectivity index (χ1v) is 8.31. The van der Waals surface area contributed by atoms with Crippen molar-refractivity contribution in [2.45, 2.75) is 32.6 Å². The van der Waals surface area contributed by atoms with Gasteiger partial charge in [-0.05, 0) is 30.5 Å². The summed E-state index contributed by atoms with van der Waals surface area (Å²) in [6, 6.07) is 7.36. The molecule has 0 aliphatic carbocycles. The Kier molecular flexibility index (Phi) is 6.02. The van der Waals surface area contributed by atoms with Crippen LogP contribution in [0, 0.1) is 0 Å². The molecule has 0 radical (unpaired) electrons. The second kappa shape index (κ2) is 7.28. The van der Waals surface area contributed by atoms with Crippen molar-refractivity contribution in [2.24, 2.45) is 0 Å². The molecule has 1 aromatic carbocycles. The molecule has 0 amide bonds. The van der Waals surface area contributed by atoms with Gasteiger partial charge in [0.2, 0.25) is 0 Å². The number of benzene rings is 1. The van der Waals surface area contributed by atoms with Gasteiger partial charge in [0.05, 0.1) is 5.75 Å². The zero-order chi connectivity index (χ0) is 14.3. The Labute approximate surface area is 114 Å². The second-order valence-electron chi connectivity index (χ2n) is 4.68. The maximum absolute atomic E-state index is 11.6. The van der Waals surface area contributed by atoms with Crippen LogP contribution >= 0.6 is 0 Å². The predicted octanol–water partition coefficient (Wildman–Crippen LogP) is 1.99. The quantitative estimate of drug-likeness (QED) is 0.740. The Morgan fingerprint density at radius 2 is 1.74 bits per heavy atom. The fraction of sp³-hybridized carbons (Fsp3) is 0.500. The van der Waals surface area contributed by atoms with Gasteiger partial charge in [0, 0.05) is 24.3 Å². The van der Waals surface area contributed by atoms with E-state index in [1.165, 1.54) is 0 Å². The minimum Gasteiger partial charge on any atom is -0.399 e. The van der Waals surface area contributed by atoms with E-state index in [-0.39, 0.29) is 23.7 Å². The number of hydrogen-bond acceptors (Lipinski definition) is 4. The summed E-state index contributed by atoms with van der Waals surface area (Å²) < 4.78 is 23.0. The minimum atomic E-state index is -3.05. The van der Waals surface area contributed by atoms with Crippen molar-refractivity contribution in [1.29, 1.82) is 0 Å². The SMILES string of the molecule is CCCS(=O)(=O)CCC(=O)CCc1ccc(N)cc1. The summed E-state index contributed by atoms with van der Waals surface area (Å²) in [4.78, 5) is 11.6. The van der Waals surface area contributed by atoms with E-state index in [2.05, 4.69) is 0 Å². The molecule has 19 heavy (non-hydrogen) atoms. The number of carbonyl (C=O) groups is 1. The van der Waals surface area contributed by atoms with E-state index in [1.807, 2.05) is 19.1 Å². The van der Waals surface area contributed by atoms with Crippen LogP contribution < -0.4 is 5.73 Å². The molecule has 0 bridgehead atoms. The second-order valence-corrected chi connectivity index (χ2v) is 6.99. The van der Waals surface area contributed by atoms with E-state index in [4.69, 9.17) is 5.73 Å². The van der Waals surface area contributed by atoms with E-state index < -0.39 is 9.84 Å². The van der Waals surface area contributed by atoms with Gasteiger partial charge in [-0.25, -0.2) is 8.42 Å². The highest BCUT2D eigenvalue weighted by Gasteiger charge is 2.12. The number of nitrogen functional groups attached to an aromatic ring is 1. The number of rotatable bonds is 8. The van der Waals surface area contributed by atoms with Crippen LogP contribution in [0.15, 0.2) is 24.3 Å². The van der Waals surface area contributed by atoms with Crippen molar-refractivity contribution in [2.75, 3.05) is 17.2 Å². The summed E-state index contributed by atoms with van der Waals surface area (Å²) in [7, 11) is -3.05. The zero-order valence-electron chi connectivity index (χ0n) is 11.3. The summed E-state index contributed by atoms with van der Waals surface area (Å²) >= 11 is 0. The molecule has 2 N–H and O–H groups in total. The number of anilines is 1. The first-order chi connectivity index (χ1) is 8.93. The van der Waals surface area contributed by atoms with Crippen molar-refractivity contribution >= 4 is 21.3 Å². The first-order valence-electron chi connectivity index (χ1n) is 6.49. The summed E-state index contributed by atoms with van der Waals surface area (Å²) in [5.41, 5.74) is 7.31. The van der Waals surface area contributed by atoms with Crippen LogP contribution in [0.3, 0.4) is 0 Å². The fourth-order valence-corrected chi connectivity index (χ4v) is 3.14. The number of aryl methyl sites for hydroxylation is 1. The third-order valence-electron chi connectivity index (χ3n) is 2.88. The van der Waals surface area contributed by atoms with Gasteiger partial charge < -0.3 is 5.73 Å². The minimum absolute atomic E-state index is 0.00324. The molecule has 106 valence electrons. The molecular weight excluding hydrogens is 262 g/mol. The molecule has 5 heteroatoms. The lowest BCUT2D eigenvalue weighted by atomic mass is 10.1. The molecule has 0 saturated carbocycles. The van der Waals surface area contributed by atoms with Gasteiger partial charge in [-0.1, -0.05) is 19.1 Å². The van der Waals surface area contributed by atoms with Gasteiger partial charge in [-0.2, -0.15) is 0 Å². The van der Waals surface area contributed by atoms with E-state index in [1.54, 1.807) is 12.1 Å². The molecular formula is C14H21NO3S. The number of nitrogens with two attached hydrogens (primary N) is 1. The Bertz CT molecular complexity index is 506. The fourth-order valence-electron chi connectivity index (χ4n) is 1.78. The van der Waals surface area contributed by atoms with Crippen LogP contribution in [0.2, 0.25) is 0 Å². The Hall–Kier alpha value is -1.36. The maximum atomic E-state index is 11.6. The third kappa shape index (κ3) is 6.38. The van der Waals surface area contributed by atoms with Crippen molar-refractivity contribution in [3.63, 3.8) is 0 Å². The van der Waals surface area contributed by atoms with E-state index >= 15 is 0 Å². The number of carbonyl (C=O) groups excluding carboxylic acids is 1. The van der Waals surface area contributed by atoms with Crippen LogP contribution in [-0.2, 0) is 21.1 Å². The largest absolute Gasteiger partial charge is 0.399 e. The predicted molar refractivity (Wildman–Crippen MR) is 77.7 cm³/mol. The normalized spacial score (nSPS) is 11.4. The van der Waals surface area contributed by atoms with E-state index in [0.717, 1.165) is 5.56 Å². The number of ketones is 1. The molecule has 0 fully saturated rings. The Morgan fingerprint density at radius 1 is 1.11 bits per heavy atom. The van der Waals surface area contributed by atoms with E-state index in [0.29, 0.717) is 24.9 Å². The van der Waals surface area contributed by atoms with Crippen LogP contribution in [0.4, 0.5) is 5.69 Å². The van der Waals surface area contributed by atoms with Crippen LogP contribution in [-0.4, -0.2) is 25.7 Å². The van der Waals surface area contributed by atoms with Gasteiger partial charge in [0.15, 0.2) is 9.84 Å². The molecule has 0 saturated heterocycles. The molecule has 0 heterocycles. The average Bonchev–Trinajstić information content (AvgIpc) is 2.36. The Morgan fingerprint density at radius 3 is 2.32 bits per heavy atom. The number of hydrogen-bond donors (Lipinski definition) is 1. The van der Waals surface area contributed by atoms with Crippen molar-refractivity contribution in [3.8, 4) is 0 Å². The molecule has 0 atom stereocenters. The smallest absolute Gasteiger partial charge is 0.150 e. The topological polar surface area (TPSA) is 77.2 Å². The highest BCUT2D eigenvalue weighted by atomic mass is 32.2. The first kappa shape index (κ1) is 15.7. The van der Waals surface area contributed by atoms with Gasteiger partial charge in [-0.3, -0.25) is 4.79 Å².